The fraction of sp³-hybridized carbons (Fsp3) is 0.375. The molecule has 0 fully saturated rings. The van der Waals surface area contributed by atoms with Crippen molar-refractivity contribution in [3.05, 3.63) is 12.7 Å². The summed E-state index contributed by atoms with van der Waals surface area (Å²) in [4.78, 5) is 23.0. The molecule has 0 radical (unpaired) electrons. The standard InChI is InChI=1S/C8H9N5O/c14-8(13-6-10-5-12-13)2-1-7-3-9-4-11-7/h3-7H,1-2H2. The molecule has 0 aliphatic carbocycles. The van der Waals surface area contributed by atoms with Crippen LogP contribution in [0.3, 0.4) is 0 Å². The Kier molecular flexibility index (Phi) is 2.44. The zero-order valence-corrected chi connectivity index (χ0v) is 7.45. The van der Waals surface area contributed by atoms with Gasteiger partial charge in [-0.15, -0.1) is 0 Å². The van der Waals surface area contributed by atoms with E-state index in [1.54, 1.807) is 6.21 Å². The summed E-state index contributed by atoms with van der Waals surface area (Å²) in [7, 11) is 0. The minimum atomic E-state index is -0.0713. The number of carbonyl (C=O) groups is 1. The highest BCUT2D eigenvalue weighted by Gasteiger charge is 2.11. The molecule has 6 nitrogen and oxygen atoms in total. The SMILES string of the molecule is O=C(CCC1C=NC=N1)n1cncn1. The van der Waals surface area contributed by atoms with Crippen LogP contribution in [0.1, 0.15) is 17.6 Å². The smallest absolute Gasteiger partial charge is 0.248 e. The first-order chi connectivity index (χ1) is 6.86. The molecular weight excluding hydrogens is 182 g/mol. The van der Waals surface area contributed by atoms with Crippen LogP contribution < -0.4 is 0 Å². The molecule has 1 unspecified atom stereocenters. The Labute approximate surface area is 80.4 Å². The molecule has 0 amide bonds. The van der Waals surface area contributed by atoms with Crippen molar-refractivity contribution in [1.29, 1.82) is 0 Å². The molecule has 0 N–H and O–H groups in total. The van der Waals surface area contributed by atoms with Crippen molar-refractivity contribution in [3.63, 3.8) is 0 Å². The Hall–Kier alpha value is -1.85. The second-order valence-electron chi connectivity index (χ2n) is 2.90. The van der Waals surface area contributed by atoms with E-state index < -0.39 is 0 Å². The third-order valence-corrected chi connectivity index (χ3v) is 1.91. The lowest BCUT2D eigenvalue weighted by Crippen LogP contribution is -2.14. The van der Waals surface area contributed by atoms with Crippen LogP contribution >= 0.6 is 0 Å². The van der Waals surface area contributed by atoms with Gasteiger partial charge in [0.1, 0.15) is 19.0 Å². The average Bonchev–Trinajstić information content (AvgIpc) is 2.87. The predicted octanol–water partition coefficient (Wildman–Crippen LogP) is 0.180. The minimum absolute atomic E-state index is 0.0440. The minimum Gasteiger partial charge on any atom is -0.273 e. The van der Waals surface area contributed by atoms with E-state index in [9.17, 15) is 4.79 Å². The molecule has 14 heavy (non-hydrogen) atoms. The van der Waals surface area contributed by atoms with E-state index in [0.717, 1.165) is 0 Å². The Morgan fingerprint density at radius 2 is 2.43 bits per heavy atom. The number of hydrogen-bond donors (Lipinski definition) is 0. The average molecular weight is 191 g/mol. The van der Waals surface area contributed by atoms with Crippen LogP contribution in [-0.2, 0) is 0 Å². The first-order valence-electron chi connectivity index (χ1n) is 4.29. The van der Waals surface area contributed by atoms with Crippen molar-refractivity contribution in [3.8, 4) is 0 Å². The van der Waals surface area contributed by atoms with E-state index in [0.29, 0.717) is 12.8 Å². The van der Waals surface area contributed by atoms with Crippen LogP contribution in [0.4, 0.5) is 0 Å². The summed E-state index contributed by atoms with van der Waals surface area (Å²) in [6, 6.07) is 0.0440. The molecule has 1 atom stereocenters. The summed E-state index contributed by atoms with van der Waals surface area (Å²) in [5.74, 6) is -0.0713. The number of nitrogens with zero attached hydrogens (tertiary/aromatic N) is 5. The summed E-state index contributed by atoms with van der Waals surface area (Å²) >= 11 is 0. The van der Waals surface area contributed by atoms with Gasteiger partial charge in [0.05, 0.1) is 6.04 Å². The van der Waals surface area contributed by atoms with E-state index in [4.69, 9.17) is 0 Å². The zero-order valence-electron chi connectivity index (χ0n) is 7.45. The maximum absolute atomic E-state index is 11.4. The monoisotopic (exact) mass is 191 g/mol. The molecule has 0 bridgehead atoms. The first-order valence-corrected chi connectivity index (χ1v) is 4.29. The fourth-order valence-electron chi connectivity index (χ4n) is 1.17. The lowest BCUT2D eigenvalue weighted by atomic mass is 10.2. The molecule has 6 heteroatoms. The molecular formula is C8H9N5O. The quantitative estimate of drug-likeness (QED) is 0.684. The van der Waals surface area contributed by atoms with Crippen molar-refractivity contribution in [2.45, 2.75) is 18.9 Å². The second kappa shape index (κ2) is 3.91. The van der Waals surface area contributed by atoms with E-state index in [2.05, 4.69) is 20.1 Å². The Morgan fingerprint density at radius 3 is 3.07 bits per heavy atom. The van der Waals surface area contributed by atoms with Gasteiger partial charge in [0.2, 0.25) is 5.91 Å². The van der Waals surface area contributed by atoms with Gasteiger partial charge in [0.25, 0.3) is 0 Å². The van der Waals surface area contributed by atoms with Crippen LogP contribution in [0.2, 0.25) is 0 Å². The highest BCUT2D eigenvalue weighted by atomic mass is 16.2. The molecule has 1 aromatic heterocycles. The molecule has 1 aliphatic rings. The van der Waals surface area contributed by atoms with Gasteiger partial charge in [-0.05, 0) is 6.42 Å². The van der Waals surface area contributed by atoms with Crippen molar-refractivity contribution in [2.75, 3.05) is 0 Å². The summed E-state index contributed by atoms with van der Waals surface area (Å²) < 4.78 is 1.23. The van der Waals surface area contributed by atoms with Crippen LogP contribution in [0.15, 0.2) is 22.6 Å². The summed E-state index contributed by atoms with van der Waals surface area (Å²) in [6.45, 7) is 0. The van der Waals surface area contributed by atoms with E-state index >= 15 is 0 Å². The molecule has 0 aromatic carbocycles. The number of aromatic nitrogens is 3. The Bertz CT molecular complexity index is 355. The normalized spacial score (nSPS) is 19.0. The number of rotatable bonds is 3. The van der Waals surface area contributed by atoms with Gasteiger partial charge in [-0.25, -0.2) is 9.98 Å². The van der Waals surface area contributed by atoms with Gasteiger partial charge in [-0.3, -0.25) is 9.79 Å². The summed E-state index contributed by atoms with van der Waals surface area (Å²) in [5.41, 5.74) is 0. The number of aliphatic imine (C=N–C) groups is 2. The Balaban J connectivity index is 1.84. The molecule has 0 saturated heterocycles. The zero-order chi connectivity index (χ0) is 9.80. The molecule has 1 aromatic rings. The van der Waals surface area contributed by atoms with Gasteiger partial charge >= 0.3 is 0 Å². The molecule has 2 rings (SSSR count). The third-order valence-electron chi connectivity index (χ3n) is 1.91. The maximum atomic E-state index is 11.4. The molecule has 1 aliphatic heterocycles. The fourth-order valence-corrected chi connectivity index (χ4v) is 1.17. The Morgan fingerprint density at radius 1 is 1.50 bits per heavy atom. The first kappa shape index (κ1) is 8.74. The highest BCUT2D eigenvalue weighted by Crippen LogP contribution is 2.04. The van der Waals surface area contributed by atoms with Crippen molar-refractivity contribution in [1.82, 2.24) is 14.8 Å². The van der Waals surface area contributed by atoms with Crippen molar-refractivity contribution >= 4 is 18.5 Å². The maximum Gasteiger partial charge on any atom is 0.248 e. The summed E-state index contributed by atoms with van der Waals surface area (Å²) in [6.07, 6.45) is 7.04. The number of hydrogen-bond acceptors (Lipinski definition) is 5. The van der Waals surface area contributed by atoms with Gasteiger partial charge in [-0.1, -0.05) is 0 Å². The lowest BCUT2D eigenvalue weighted by molar-refractivity contribution is 0.0883. The third kappa shape index (κ3) is 1.90. The molecule has 0 saturated carbocycles. The van der Waals surface area contributed by atoms with Crippen LogP contribution in [0.25, 0.3) is 0 Å². The lowest BCUT2D eigenvalue weighted by Gasteiger charge is -2.01. The van der Waals surface area contributed by atoms with Gasteiger partial charge in [0.15, 0.2) is 0 Å². The van der Waals surface area contributed by atoms with Gasteiger partial charge < -0.3 is 0 Å². The van der Waals surface area contributed by atoms with Gasteiger partial charge in [0, 0.05) is 12.6 Å². The van der Waals surface area contributed by atoms with Crippen LogP contribution in [0.5, 0.6) is 0 Å². The van der Waals surface area contributed by atoms with E-state index in [-0.39, 0.29) is 11.9 Å². The molecule has 2 heterocycles. The second-order valence-corrected chi connectivity index (χ2v) is 2.90. The largest absolute Gasteiger partial charge is 0.273 e. The van der Waals surface area contributed by atoms with Crippen LogP contribution in [0, 0.1) is 0 Å². The number of carbonyl (C=O) groups excluding carboxylic acids is 1. The van der Waals surface area contributed by atoms with Crippen molar-refractivity contribution < 1.29 is 4.79 Å². The topological polar surface area (TPSA) is 72.5 Å². The van der Waals surface area contributed by atoms with Crippen molar-refractivity contribution in [2.24, 2.45) is 9.98 Å². The molecule has 72 valence electrons. The van der Waals surface area contributed by atoms with E-state index in [1.165, 1.54) is 23.7 Å². The molecule has 0 spiro atoms. The highest BCUT2D eigenvalue weighted by molar-refractivity contribution is 5.83. The summed E-state index contributed by atoms with van der Waals surface area (Å²) in [5, 5.41) is 3.75. The van der Waals surface area contributed by atoms with Crippen LogP contribution in [-0.4, -0.2) is 39.3 Å². The predicted molar refractivity (Wildman–Crippen MR) is 50.7 cm³/mol. The van der Waals surface area contributed by atoms with Gasteiger partial charge in [-0.2, -0.15) is 9.78 Å². The van der Waals surface area contributed by atoms with E-state index in [1.807, 2.05) is 0 Å².